The van der Waals surface area contributed by atoms with Crippen LogP contribution in [0.25, 0.3) is 0 Å². The van der Waals surface area contributed by atoms with E-state index in [0.29, 0.717) is 25.1 Å². The second-order valence-electron chi connectivity index (χ2n) is 11.2. The number of oxazole rings is 1. The van der Waals surface area contributed by atoms with Crippen molar-refractivity contribution in [1.29, 1.82) is 0 Å². The van der Waals surface area contributed by atoms with Crippen LogP contribution in [0.5, 0.6) is 17.2 Å². The number of fused-ring (bicyclic) bond motifs is 2. The van der Waals surface area contributed by atoms with E-state index >= 15 is 0 Å². The van der Waals surface area contributed by atoms with E-state index in [1.807, 2.05) is 44.2 Å². The number of nitrogens with one attached hydrogen (secondary N) is 4. The van der Waals surface area contributed by atoms with E-state index in [1.54, 1.807) is 6.07 Å². The molecule has 4 amide bonds. The van der Waals surface area contributed by atoms with Gasteiger partial charge in [-0.25, -0.2) is 4.98 Å². The van der Waals surface area contributed by atoms with E-state index in [2.05, 4.69) is 26.3 Å². The highest BCUT2D eigenvalue weighted by molar-refractivity contribution is 6.01. The number of carbonyl (C=O) groups excluding carboxylic acids is 4. The first kappa shape index (κ1) is 33.8. The molecule has 2 heterocycles. The zero-order valence-electron chi connectivity index (χ0n) is 26.7. The normalized spacial score (nSPS) is 19.4. The first-order valence-corrected chi connectivity index (χ1v) is 15.1. The molecule has 3 aromatic rings. The van der Waals surface area contributed by atoms with Crippen LogP contribution in [0.4, 0.5) is 0 Å². The fourth-order valence-corrected chi connectivity index (χ4v) is 5.18. The number of ether oxygens (including phenoxy) is 3. The summed E-state index contributed by atoms with van der Waals surface area (Å²) in [5, 5.41) is 11.4. The van der Waals surface area contributed by atoms with E-state index in [1.165, 1.54) is 33.7 Å². The fraction of sp³-hybridized carbons (Fsp3) is 0.424. The Balaban J connectivity index is 1.66. The van der Waals surface area contributed by atoms with Crippen molar-refractivity contribution < 1.29 is 37.8 Å². The minimum Gasteiger partial charge on any atom is -0.493 e. The average Bonchev–Trinajstić information content (AvgIpc) is 3.55. The van der Waals surface area contributed by atoms with Gasteiger partial charge in [-0.2, -0.15) is 0 Å². The maximum absolute atomic E-state index is 13.9. The summed E-state index contributed by atoms with van der Waals surface area (Å²) in [7, 11) is 4.30. The second kappa shape index (κ2) is 15.8. The maximum atomic E-state index is 13.9. The van der Waals surface area contributed by atoms with Gasteiger partial charge in [-0.05, 0) is 42.9 Å². The number of methoxy groups -OCH3 is 3. The van der Waals surface area contributed by atoms with Crippen LogP contribution in [-0.4, -0.2) is 68.6 Å². The molecule has 4 N–H and O–H groups in total. The molecule has 1 aliphatic rings. The largest absolute Gasteiger partial charge is 0.493 e. The average molecular weight is 636 g/mol. The third kappa shape index (κ3) is 8.14. The first-order chi connectivity index (χ1) is 22.2. The zero-order chi connectivity index (χ0) is 33.2. The summed E-state index contributed by atoms with van der Waals surface area (Å²) >= 11 is 0. The smallest absolute Gasteiger partial charge is 0.273 e. The number of amides is 4. The molecule has 0 unspecified atom stereocenters. The number of rotatable bonds is 8. The van der Waals surface area contributed by atoms with Crippen LogP contribution < -0.4 is 35.5 Å². The van der Waals surface area contributed by atoms with Gasteiger partial charge in [0.05, 0.1) is 26.9 Å². The van der Waals surface area contributed by atoms with Gasteiger partial charge in [0.2, 0.25) is 23.5 Å². The Morgan fingerprint density at radius 1 is 0.957 bits per heavy atom. The van der Waals surface area contributed by atoms with Crippen molar-refractivity contribution in [3.63, 3.8) is 0 Å². The Morgan fingerprint density at radius 2 is 1.70 bits per heavy atom. The molecule has 1 aromatic heterocycles. The van der Waals surface area contributed by atoms with Crippen molar-refractivity contribution in [2.75, 3.05) is 27.9 Å². The van der Waals surface area contributed by atoms with Gasteiger partial charge in [0, 0.05) is 13.0 Å². The lowest BCUT2D eigenvalue weighted by atomic mass is 10.0. The van der Waals surface area contributed by atoms with Gasteiger partial charge in [-0.3, -0.25) is 19.2 Å². The number of hydrogen-bond donors (Lipinski definition) is 4. The molecule has 2 aromatic carbocycles. The molecule has 46 heavy (non-hydrogen) atoms. The van der Waals surface area contributed by atoms with Crippen LogP contribution in [0.15, 0.2) is 53.1 Å². The molecule has 0 saturated carbocycles. The number of benzene rings is 2. The van der Waals surface area contributed by atoms with Gasteiger partial charge in [0.25, 0.3) is 11.8 Å². The van der Waals surface area contributed by atoms with Crippen LogP contribution in [0.1, 0.15) is 71.5 Å². The highest BCUT2D eigenvalue weighted by Crippen LogP contribution is 2.39. The Labute approximate surface area is 267 Å². The third-order valence-corrected chi connectivity index (χ3v) is 7.68. The number of nitrogens with zero attached hydrogens (tertiary/aromatic N) is 1. The molecular weight excluding hydrogens is 594 g/mol. The summed E-state index contributed by atoms with van der Waals surface area (Å²) in [6, 6.07) is 9.67. The Bertz CT molecular complexity index is 1520. The van der Waals surface area contributed by atoms with Gasteiger partial charge >= 0.3 is 0 Å². The molecule has 13 heteroatoms. The molecule has 3 atom stereocenters. The molecule has 1 aliphatic heterocycles. The first-order valence-electron chi connectivity index (χ1n) is 15.1. The summed E-state index contributed by atoms with van der Waals surface area (Å²) in [5.41, 5.74) is 1.06. The Kier molecular flexibility index (Phi) is 11.6. The van der Waals surface area contributed by atoms with Crippen molar-refractivity contribution >= 4 is 23.6 Å². The van der Waals surface area contributed by atoms with Gasteiger partial charge < -0.3 is 39.9 Å². The quantitative estimate of drug-likeness (QED) is 0.291. The van der Waals surface area contributed by atoms with Gasteiger partial charge in [0.1, 0.15) is 24.4 Å². The van der Waals surface area contributed by atoms with Crippen molar-refractivity contribution in [2.45, 2.75) is 57.7 Å². The summed E-state index contributed by atoms with van der Waals surface area (Å²) in [4.78, 5) is 58.4. The molecule has 246 valence electrons. The minimum atomic E-state index is -1.02. The number of carbonyl (C=O) groups is 4. The number of hydrogen-bond acceptors (Lipinski definition) is 9. The summed E-state index contributed by atoms with van der Waals surface area (Å²) in [6.45, 7) is 4.08. The van der Waals surface area contributed by atoms with Gasteiger partial charge in [0.15, 0.2) is 17.2 Å². The van der Waals surface area contributed by atoms with E-state index in [9.17, 15) is 19.2 Å². The third-order valence-electron chi connectivity index (χ3n) is 7.68. The second-order valence-corrected chi connectivity index (χ2v) is 11.2. The number of aromatic nitrogens is 1. The Morgan fingerprint density at radius 3 is 2.37 bits per heavy atom. The van der Waals surface area contributed by atoms with Crippen molar-refractivity contribution in [1.82, 2.24) is 26.3 Å². The maximum Gasteiger partial charge on any atom is 0.273 e. The zero-order valence-corrected chi connectivity index (χ0v) is 26.7. The standard InChI is InChI=1S/C33H41N5O8/c1-19(2)26-33-37-24(18-46-33)30(40)34-16-10-9-13-22(31(41)36-23(32(42)38-26)17-20-11-7-6-8-12-20)35-29(39)21-14-15-25(43-3)28(45-5)27(21)44-4/h6-8,11-12,14-15,18-19,22-23,26H,9-10,13,16-17H2,1-5H3,(H,34,40)(H,35,39)(H,36,41)(H,38,42)/t22-,23-,26-/m0/s1. The lowest BCUT2D eigenvalue weighted by Gasteiger charge is -2.26. The molecular formula is C33H41N5O8. The minimum absolute atomic E-state index is 0.102. The van der Waals surface area contributed by atoms with Crippen LogP contribution >= 0.6 is 0 Å². The molecule has 4 rings (SSSR count). The highest BCUT2D eigenvalue weighted by atomic mass is 16.5. The molecule has 13 nitrogen and oxygen atoms in total. The monoisotopic (exact) mass is 635 g/mol. The lowest BCUT2D eigenvalue weighted by Crippen LogP contribution is -2.55. The van der Waals surface area contributed by atoms with Crippen LogP contribution in [0.2, 0.25) is 0 Å². The predicted molar refractivity (Wildman–Crippen MR) is 168 cm³/mol. The Hall–Kier alpha value is -5.07. The molecule has 0 spiro atoms. The topological polar surface area (TPSA) is 170 Å². The van der Waals surface area contributed by atoms with Gasteiger partial charge in [-0.1, -0.05) is 44.2 Å². The molecule has 0 fully saturated rings. The summed E-state index contributed by atoms with van der Waals surface area (Å²) in [6.07, 6.45) is 2.66. The predicted octanol–water partition coefficient (Wildman–Crippen LogP) is 2.95. The van der Waals surface area contributed by atoms with E-state index in [0.717, 1.165) is 5.56 Å². The lowest BCUT2D eigenvalue weighted by molar-refractivity contribution is -0.130. The summed E-state index contributed by atoms with van der Waals surface area (Å²) < 4.78 is 21.8. The van der Waals surface area contributed by atoms with E-state index in [4.69, 9.17) is 18.6 Å². The van der Waals surface area contributed by atoms with Crippen LogP contribution in [0.3, 0.4) is 0 Å². The molecule has 0 radical (unpaired) electrons. The molecule has 0 saturated heterocycles. The molecule has 0 aliphatic carbocycles. The fourth-order valence-electron chi connectivity index (χ4n) is 5.18. The van der Waals surface area contributed by atoms with Gasteiger partial charge in [-0.15, -0.1) is 0 Å². The SMILES string of the molecule is COc1ccc(C(=O)N[C@H]2CCCCNC(=O)c3coc(n3)[C@H](C(C)C)NC(=O)[C@H](Cc3ccccc3)NC2=O)c(OC)c1OC. The summed E-state index contributed by atoms with van der Waals surface area (Å²) in [5.74, 6) is -1.25. The van der Waals surface area contributed by atoms with Crippen LogP contribution in [0, 0.1) is 5.92 Å². The van der Waals surface area contributed by atoms with Crippen molar-refractivity contribution in [3.8, 4) is 17.2 Å². The van der Waals surface area contributed by atoms with E-state index in [-0.39, 0.29) is 47.4 Å². The van der Waals surface area contributed by atoms with Crippen molar-refractivity contribution in [3.05, 3.63) is 71.4 Å². The molecule has 2 bridgehead atoms. The van der Waals surface area contributed by atoms with Crippen molar-refractivity contribution in [2.24, 2.45) is 5.92 Å². The van der Waals surface area contributed by atoms with Crippen LogP contribution in [-0.2, 0) is 16.0 Å². The highest BCUT2D eigenvalue weighted by Gasteiger charge is 2.32. The van der Waals surface area contributed by atoms with E-state index < -0.39 is 41.8 Å².